The summed E-state index contributed by atoms with van der Waals surface area (Å²) < 4.78 is 0. The summed E-state index contributed by atoms with van der Waals surface area (Å²) in [5.74, 6) is 1.57. The zero-order valence-corrected chi connectivity index (χ0v) is 10.3. The summed E-state index contributed by atoms with van der Waals surface area (Å²) in [6, 6.07) is 8.20. The predicted octanol–water partition coefficient (Wildman–Crippen LogP) is 4.01. The summed E-state index contributed by atoms with van der Waals surface area (Å²) in [6.07, 6.45) is 8.60. The molecule has 0 radical (unpaired) electrons. The van der Waals surface area contributed by atoms with E-state index in [0.717, 1.165) is 30.7 Å². The van der Waals surface area contributed by atoms with Gasteiger partial charge in [0.25, 0.3) is 0 Å². The summed E-state index contributed by atoms with van der Waals surface area (Å²) in [6.45, 7) is 0. The number of hydrogen-bond donors (Lipinski definition) is 0. The predicted molar refractivity (Wildman–Crippen MR) is 69.2 cm³/mol. The fraction of sp³-hybridized carbons (Fsp3) is 0.562. The molecule has 1 aromatic carbocycles. The largest absolute Gasteiger partial charge is 0.294 e. The van der Waals surface area contributed by atoms with Gasteiger partial charge < -0.3 is 0 Å². The van der Waals surface area contributed by atoms with Gasteiger partial charge in [-0.25, -0.2) is 0 Å². The molecule has 0 heterocycles. The van der Waals surface area contributed by atoms with Gasteiger partial charge >= 0.3 is 0 Å². The Morgan fingerprint density at radius 3 is 2.65 bits per heavy atom. The van der Waals surface area contributed by atoms with Crippen LogP contribution in [0.15, 0.2) is 24.3 Å². The zero-order valence-electron chi connectivity index (χ0n) is 10.3. The maximum absolute atomic E-state index is 12.5. The first-order chi connectivity index (χ1) is 8.34. The molecule has 1 unspecified atom stereocenters. The van der Waals surface area contributed by atoms with E-state index in [0.29, 0.717) is 11.7 Å². The van der Waals surface area contributed by atoms with E-state index < -0.39 is 0 Å². The maximum atomic E-state index is 12.5. The number of benzene rings is 1. The summed E-state index contributed by atoms with van der Waals surface area (Å²) in [7, 11) is 0. The van der Waals surface area contributed by atoms with Crippen molar-refractivity contribution in [2.24, 2.45) is 11.8 Å². The van der Waals surface area contributed by atoms with Crippen LogP contribution in [0.1, 0.15) is 54.4 Å². The van der Waals surface area contributed by atoms with Gasteiger partial charge in [0.1, 0.15) is 0 Å². The Morgan fingerprint density at radius 2 is 1.88 bits per heavy atom. The van der Waals surface area contributed by atoms with Crippen molar-refractivity contribution in [2.75, 3.05) is 0 Å². The molecule has 90 valence electrons. The Morgan fingerprint density at radius 1 is 1.06 bits per heavy atom. The van der Waals surface area contributed by atoms with Crippen LogP contribution < -0.4 is 0 Å². The molecule has 3 rings (SSSR count). The minimum absolute atomic E-state index is 0.309. The standard InChI is InChI=1S/C16H20O/c17-16-14(11-12-5-3-6-12)9-4-8-13-7-1-2-10-15(13)16/h1-2,7,10,12,14H,3-6,8-9,11H2. The van der Waals surface area contributed by atoms with Crippen LogP contribution in [0.3, 0.4) is 0 Å². The topological polar surface area (TPSA) is 17.1 Å². The zero-order chi connectivity index (χ0) is 11.7. The number of hydrogen-bond acceptors (Lipinski definition) is 1. The molecule has 2 aliphatic rings. The first-order valence-corrected chi connectivity index (χ1v) is 6.96. The van der Waals surface area contributed by atoms with Gasteiger partial charge in [-0.3, -0.25) is 4.79 Å². The van der Waals surface area contributed by atoms with Crippen molar-refractivity contribution in [1.82, 2.24) is 0 Å². The number of Topliss-reactive ketones (excluding diaryl/α,β-unsaturated/α-hetero) is 1. The van der Waals surface area contributed by atoms with E-state index >= 15 is 0 Å². The van der Waals surface area contributed by atoms with Gasteiger partial charge in [0.15, 0.2) is 5.78 Å². The van der Waals surface area contributed by atoms with Crippen molar-refractivity contribution in [1.29, 1.82) is 0 Å². The molecular formula is C16H20O. The highest BCUT2D eigenvalue weighted by molar-refractivity contribution is 5.99. The molecule has 1 aromatic rings. The second-order valence-corrected chi connectivity index (χ2v) is 5.64. The first-order valence-electron chi connectivity index (χ1n) is 6.96. The fourth-order valence-corrected chi connectivity index (χ4v) is 3.22. The van der Waals surface area contributed by atoms with Crippen molar-refractivity contribution >= 4 is 5.78 Å². The number of fused-ring (bicyclic) bond motifs is 1. The highest BCUT2D eigenvalue weighted by Gasteiger charge is 2.29. The van der Waals surface area contributed by atoms with Crippen LogP contribution >= 0.6 is 0 Å². The quantitative estimate of drug-likeness (QED) is 0.699. The molecular weight excluding hydrogens is 208 g/mol. The molecule has 0 N–H and O–H groups in total. The SMILES string of the molecule is O=C1c2ccccc2CCCC1CC1CCC1. The normalized spacial score (nSPS) is 24.9. The van der Waals surface area contributed by atoms with E-state index in [1.165, 1.54) is 31.2 Å². The first kappa shape index (κ1) is 11.0. The molecule has 1 saturated carbocycles. The van der Waals surface area contributed by atoms with Crippen molar-refractivity contribution < 1.29 is 4.79 Å². The number of aryl methyl sites for hydroxylation is 1. The molecule has 0 saturated heterocycles. The molecule has 1 atom stereocenters. The fourth-order valence-electron chi connectivity index (χ4n) is 3.22. The van der Waals surface area contributed by atoms with Gasteiger partial charge in [-0.2, -0.15) is 0 Å². The lowest BCUT2D eigenvalue weighted by Gasteiger charge is -2.28. The Balaban J connectivity index is 1.81. The van der Waals surface area contributed by atoms with Gasteiger partial charge in [-0.1, -0.05) is 43.5 Å². The van der Waals surface area contributed by atoms with Crippen molar-refractivity contribution in [3.63, 3.8) is 0 Å². The molecule has 2 aliphatic carbocycles. The molecule has 0 amide bonds. The maximum Gasteiger partial charge on any atom is 0.166 e. The van der Waals surface area contributed by atoms with Gasteiger partial charge in [0.05, 0.1) is 0 Å². The van der Waals surface area contributed by atoms with Crippen LogP contribution in [0.5, 0.6) is 0 Å². The van der Waals surface area contributed by atoms with E-state index in [1.54, 1.807) is 0 Å². The summed E-state index contributed by atoms with van der Waals surface area (Å²) in [5, 5.41) is 0. The van der Waals surface area contributed by atoms with E-state index in [9.17, 15) is 4.79 Å². The van der Waals surface area contributed by atoms with E-state index in [2.05, 4.69) is 12.1 Å². The van der Waals surface area contributed by atoms with E-state index in [4.69, 9.17) is 0 Å². The van der Waals surface area contributed by atoms with Crippen molar-refractivity contribution in [3.05, 3.63) is 35.4 Å². The third-order valence-corrected chi connectivity index (χ3v) is 4.49. The highest BCUT2D eigenvalue weighted by atomic mass is 16.1. The van der Waals surface area contributed by atoms with Gasteiger partial charge in [-0.05, 0) is 37.2 Å². The Labute approximate surface area is 103 Å². The minimum atomic E-state index is 0.309. The Kier molecular flexibility index (Phi) is 3.00. The second-order valence-electron chi connectivity index (χ2n) is 5.64. The van der Waals surface area contributed by atoms with E-state index in [1.807, 2.05) is 12.1 Å². The van der Waals surface area contributed by atoms with Crippen LogP contribution in [-0.2, 0) is 6.42 Å². The molecule has 0 bridgehead atoms. The smallest absolute Gasteiger partial charge is 0.166 e. The minimum Gasteiger partial charge on any atom is -0.294 e. The number of rotatable bonds is 2. The number of ketones is 1. The van der Waals surface area contributed by atoms with Gasteiger partial charge in [0.2, 0.25) is 0 Å². The monoisotopic (exact) mass is 228 g/mol. The second kappa shape index (κ2) is 4.64. The lowest BCUT2D eigenvalue weighted by molar-refractivity contribution is 0.0877. The molecule has 0 spiro atoms. The molecule has 0 aromatic heterocycles. The van der Waals surface area contributed by atoms with Crippen LogP contribution in [-0.4, -0.2) is 5.78 Å². The van der Waals surface area contributed by atoms with Crippen LogP contribution in [0.2, 0.25) is 0 Å². The average molecular weight is 228 g/mol. The Hall–Kier alpha value is -1.11. The van der Waals surface area contributed by atoms with E-state index in [-0.39, 0.29) is 0 Å². The molecule has 1 nitrogen and oxygen atoms in total. The lowest BCUT2D eigenvalue weighted by atomic mass is 9.76. The summed E-state index contributed by atoms with van der Waals surface area (Å²) >= 11 is 0. The summed E-state index contributed by atoms with van der Waals surface area (Å²) in [4.78, 5) is 12.5. The summed E-state index contributed by atoms with van der Waals surface area (Å²) in [5.41, 5.74) is 2.28. The van der Waals surface area contributed by atoms with Crippen molar-refractivity contribution in [3.8, 4) is 0 Å². The third-order valence-electron chi connectivity index (χ3n) is 4.49. The molecule has 1 fully saturated rings. The lowest BCUT2D eigenvalue weighted by Crippen LogP contribution is -2.21. The highest BCUT2D eigenvalue weighted by Crippen LogP contribution is 2.36. The van der Waals surface area contributed by atoms with Gasteiger partial charge in [-0.15, -0.1) is 0 Å². The van der Waals surface area contributed by atoms with Crippen LogP contribution in [0.25, 0.3) is 0 Å². The third kappa shape index (κ3) is 2.15. The molecule has 17 heavy (non-hydrogen) atoms. The van der Waals surface area contributed by atoms with Crippen LogP contribution in [0, 0.1) is 11.8 Å². The van der Waals surface area contributed by atoms with Crippen molar-refractivity contribution in [2.45, 2.75) is 44.9 Å². The molecule has 0 aliphatic heterocycles. The van der Waals surface area contributed by atoms with Gasteiger partial charge in [0, 0.05) is 11.5 Å². The molecule has 1 heteroatoms. The van der Waals surface area contributed by atoms with Crippen LogP contribution in [0.4, 0.5) is 0 Å². The number of carbonyl (C=O) groups excluding carboxylic acids is 1. The average Bonchev–Trinajstić information content (AvgIpc) is 2.45. The number of carbonyl (C=O) groups is 1. The Bertz CT molecular complexity index is 417.